The van der Waals surface area contributed by atoms with Crippen molar-refractivity contribution in [3.05, 3.63) is 0 Å². The molecule has 0 bridgehead atoms. The second-order valence-electron chi connectivity index (χ2n) is 2.33. The Kier molecular flexibility index (Phi) is 5.03. The number of hydrogen-bond donors (Lipinski definition) is 3. The van der Waals surface area contributed by atoms with Crippen LogP contribution in [-0.2, 0) is 9.59 Å². The highest BCUT2D eigenvalue weighted by Gasteiger charge is 2.16. The predicted octanol–water partition coefficient (Wildman–Crippen LogP) is -1.38. The molecule has 0 fully saturated rings. The van der Waals surface area contributed by atoms with Gasteiger partial charge in [-0.05, 0) is 6.92 Å². The van der Waals surface area contributed by atoms with Gasteiger partial charge >= 0.3 is 0 Å². The maximum Gasteiger partial charge on any atom is 0.244 e. The quantitative estimate of drug-likeness (QED) is 0.491. The number of aliphatic hydroxyl groups is 1. The van der Waals surface area contributed by atoms with E-state index in [2.05, 4.69) is 10.6 Å². The van der Waals surface area contributed by atoms with E-state index in [-0.39, 0.29) is 18.4 Å². The average molecular weight is 174 g/mol. The summed E-state index contributed by atoms with van der Waals surface area (Å²) in [4.78, 5) is 21.5. The van der Waals surface area contributed by atoms with Crippen molar-refractivity contribution < 1.29 is 14.7 Å². The Bertz CT molecular complexity index is 170. The highest BCUT2D eigenvalue weighted by Crippen LogP contribution is 1.82. The number of likely N-dealkylation sites (N-methyl/N-ethyl adjacent to an activating group) is 1. The summed E-state index contributed by atoms with van der Waals surface area (Å²) in [5, 5.41) is 13.5. The van der Waals surface area contributed by atoms with E-state index in [1.807, 2.05) is 0 Å². The van der Waals surface area contributed by atoms with E-state index in [0.717, 1.165) is 0 Å². The van der Waals surface area contributed by atoms with Gasteiger partial charge < -0.3 is 15.7 Å². The van der Waals surface area contributed by atoms with E-state index in [4.69, 9.17) is 5.11 Å². The fourth-order valence-corrected chi connectivity index (χ4v) is 0.737. The molecule has 0 aromatic heterocycles. The van der Waals surface area contributed by atoms with Crippen molar-refractivity contribution in [1.29, 1.82) is 0 Å². The first-order valence-corrected chi connectivity index (χ1v) is 3.77. The smallest absolute Gasteiger partial charge is 0.244 e. The standard InChI is InChI=1S/C7H14N2O3/c1-3-8-7(12)6(4-10)9-5(2)11/h6,10H,3-4H2,1-2H3,(H,8,12)(H,9,11). The fourth-order valence-electron chi connectivity index (χ4n) is 0.737. The van der Waals surface area contributed by atoms with Crippen LogP contribution in [0.15, 0.2) is 0 Å². The van der Waals surface area contributed by atoms with Crippen LogP contribution in [0, 0.1) is 0 Å². The first-order valence-electron chi connectivity index (χ1n) is 3.77. The lowest BCUT2D eigenvalue weighted by atomic mass is 10.3. The highest BCUT2D eigenvalue weighted by atomic mass is 16.3. The zero-order valence-electron chi connectivity index (χ0n) is 7.26. The van der Waals surface area contributed by atoms with E-state index in [1.165, 1.54) is 6.92 Å². The zero-order valence-corrected chi connectivity index (χ0v) is 7.26. The summed E-state index contributed by atoms with van der Waals surface area (Å²) in [5.41, 5.74) is 0. The van der Waals surface area contributed by atoms with Crippen molar-refractivity contribution in [2.24, 2.45) is 0 Å². The Labute approximate surface area is 71.1 Å². The monoisotopic (exact) mass is 174 g/mol. The van der Waals surface area contributed by atoms with Crippen molar-refractivity contribution in [2.45, 2.75) is 19.9 Å². The molecule has 2 amide bonds. The molecule has 0 saturated heterocycles. The van der Waals surface area contributed by atoms with Crippen molar-refractivity contribution >= 4 is 11.8 Å². The number of nitrogens with one attached hydrogen (secondary N) is 2. The second-order valence-corrected chi connectivity index (χ2v) is 2.33. The van der Waals surface area contributed by atoms with Crippen LogP contribution in [0.4, 0.5) is 0 Å². The van der Waals surface area contributed by atoms with Gasteiger partial charge in [-0.2, -0.15) is 0 Å². The SMILES string of the molecule is CCNC(=O)C(CO)NC(C)=O. The molecule has 0 aromatic rings. The van der Waals surface area contributed by atoms with E-state index >= 15 is 0 Å². The number of hydrogen-bond acceptors (Lipinski definition) is 3. The van der Waals surface area contributed by atoms with Gasteiger partial charge in [0, 0.05) is 13.5 Å². The number of amides is 2. The minimum atomic E-state index is -0.831. The van der Waals surface area contributed by atoms with Crippen LogP contribution in [0.5, 0.6) is 0 Å². The van der Waals surface area contributed by atoms with Gasteiger partial charge in [-0.15, -0.1) is 0 Å². The van der Waals surface area contributed by atoms with Gasteiger partial charge in [0.2, 0.25) is 11.8 Å². The van der Waals surface area contributed by atoms with Gasteiger partial charge in [-0.1, -0.05) is 0 Å². The van der Waals surface area contributed by atoms with Gasteiger partial charge in [0.25, 0.3) is 0 Å². The molecule has 5 nitrogen and oxygen atoms in total. The normalized spacial score (nSPS) is 11.9. The lowest BCUT2D eigenvalue weighted by molar-refractivity contribution is -0.129. The third-order valence-corrected chi connectivity index (χ3v) is 1.23. The van der Waals surface area contributed by atoms with Gasteiger partial charge in [-0.25, -0.2) is 0 Å². The molecule has 0 saturated carbocycles. The summed E-state index contributed by atoms with van der Waals surface area (Å²) >= 11 is 0. The molecule has 0 aliphatic carbocycles. The largest absolute Gasteiger partial charge is 0.394 e. The molecule has 0 spiro atoms. The van der Waals surface area contributed by atoms with Gasteiger partial charge in [0.05, 0.1) is 6.61 Å². The molecule has 1 atom stereocenters. The third kappa shape index (κ3) is 3.92. The molecule has 1 unspecified atom stereocenters. The Morgan fingerprint density at radius 1 is 1.50 bits per heavy atom. The summed E-state index contributed by atoms with van der Waals surface area (Å²) < 4.78 is 0. The van der Waals surface area contributed by atoms with Gasteiger partial charge in [-0.3, -0.25) is 9.59 Å². The van der Waals surface area contributed by atoms with E-state index in [0.29, 0.717) is 6.54 Å². The Morgan fingerprint density at radius 3 is 2.42 bits per heavy atom. The summed E-state index contributed by atoms with van der Waals surface area (Å²) in [6, 6.07) is -0.831. The number of aliphatic hydroxyl groups excluding tert-OH is 1. The van der Waals surface area contributed by atoms with Crippen LogP contribution in [0.1, 0.15) is 13.8 Å². The van der Waals surface area contributed by atoms with Crippen LogP contribution in [0.3, 0.4) is 0 Å². The number of rotatable bonds is 4. The minimum Gasteiger partial charge on any atom is -0.394 e. The Hall–Kier alpha value is -1.10. The molecule has 0 aromatic carbocycles. The first kappa shape index (κ1) is 10.9. The van der Waals surface area contributed by atoms with Crippen molar-refractivity contribution in [1.82, 2.24) is 10.6 Å². The molecule has 0 rings (SSSR count). The maximum atomic E-state index is 11.0. The van der Waals surface area contributed by atoms with Crippen molar-refractivity contribution in [3.63, 3.8) is 0 Å². The van der Waals surface area contributed by atoms with Gasteiger partial charge in [0.1, 0.15) is 6.04 Å². The summed E-state index contributed by atoms with van der Waals surface area (Å²) in [5.74, 6) is -0.699. The average Bonchev–Trinajstić information content (AvgIpc) is 2.00. The number of carbonyl (C=O) groups is 2. The molecule has 70 valence electrons. The van der Waals surface area contributed by atoms with Gasteiger partial charge in [0.15, 0.2) is 0 Å². The highest BCUT2D eigenvalue weighted by molar-refractivity contribution is 5.86. The molecule has 0 aliphatic heterocycles. The fraction of sp³-hybridized carbons (Fsp3) is 0.714. The topological polar surface area (TPSA) is 78.4 Å². The molecular formula is C7H14N2O3. The van der Waals surface area contributed by atoms with E-state index in [9.17, 15) is 9.59 Å². The molecule has 0 radical (unpaired) electrons. The predicted molar refractivity (Wildman–Crippen MR) is 43.4 cm³/mol. The van der Waals surface area contributed by atoms with Crippen LogP contribution in [0.25, 0.3) is 0 Å². The van der Waals surface area contributed by atoms with Crippen LogP contribution in [0.2, 0.25) is 0 Å². The van der Waals surface area contributed by atoms with E-state index < -0.39 is 6.04 Å². The lowest BCUT2D eigenvalue weighted by Crippen LogP contribution is -2.48. The number of carbonyl (C=O) groups excluding carboxylic acids is 2. The van der Waals surface area contributed by atoms with E-state index in [1.54, 1.807) is 6.92 Å². The maximum absolute atomic E-state index is 11.0. The third-order valence-electron chi connectivity index (χ3n) is 1.23. The molecule has 5 heteroatoms. The minimum absolute atomic E-state index is 0.333. The molecule has 0 aliphatic rings. The lowest BCUT2D eigenvalue weighted by Gasteiger charge is -2.13. The summed E-state index contributed by atoms with van der Waals surface area (Å²) in [7, 11) is 0. The summed E-state index contributed by atoms with van der Waals surface area (Å²) in [6.07, 6.45) is 0. The Balaban J connectivity index is 3.96. The molecule has 12 heavy (non-hydrogen) atoms. The van der Waals surface area contributed by atoms with Crippen LogP contribution < -0.4 is 10.6 Å². The summed E-state index contributed by atoms with van der Waals surface area (Å²) in [6.45, 7) is 3.16. The van der Waals surface area contributed by atoms with Crippen molar-refractivity contribution in [2.75, 3.05) is 13.2 Å². The zero-order chi connectivity index (χ0) is 9.56. The molecular weight excluding hydrogens is 160 g/mol. The molecule has 0 heterocycles. The Morgan fingerprint density at radius 2 is 2.08 bits per heavy atom. The first-order chi connectivity index (χ1) is 5.61. The molecule has 3 N–H and O–H groups in total. The van der Waals surface area contributed by atoms with Crippen molar-refractivity contribution in [3.8, 4) is 0 Å². The van der Waals surface area contributed by atoms with Crippen LogP contribution in [-0.4, -0.2) is 36.1 Å². The second kappa shape index (κ2) is 5.54. The van der Waals surface area contributed by atoms with Crippen LogP contribution >= 0.6 is 0 Å².